The van der Waals surface area contributed by atoms with Gasteiger partial charge in [0, 0.05) is 6.42 Å². The molecule has 0 bridgehead atoms. The molecule has 0 aliphatic rings. The predicted molar refractivity (Wildman–Crippen MR) is 34.8 cm³/mol. The molecule has 1 unspecified atom stereocenters. The predicted octanol–water partition coefficient (Wildman–Crippen LogP) is -1.14. The van der Waals surface area contributed by atoms with Gasteiger partial charge in [0.2, 0.25) is 0 Å². The van der Waals surface area contributed by atoms with Gasteiger partial charge in [-0.15, -0.1) is 0 Å². The average Bonchev–Trinajstić information content (AvgIpc) is 2.00. The van der Waals surface area contributed by atoms with Gasteiger partial charge < -0.3 is 16.0 Å². The van der Waals surface area contributed by atoms with Gasteiger partial charge in [-0.3, -0.25) is 0 Å². The van der Waals surface area contributed by atoms with Gasteiger partial charge in [0.15, 0.2) is 5.66 Å². The van der Waals surface area contributed by atoms with Crippen molar-refractivity contribution in [3.63, 3.8) is 0 Å². The fraction of sp³-hybridized carbons (Fsp3) is 0.750. The molecule has 0 rings (SSSR count). The zero-order valence-electron chi connectivity index (χ0n) is 5.65. The Labute approximate surface area is 62.1 Å². The molecular weight excluding hydrogens is 154 g/mol. The Hall–Kier alpha value is -1.05. The number of rotatable bonds is 5. The van der Waals surface area contributed by atoms with Crippen LogP contribution in [0.1, 0.15) is 6.42 Å². The lowest BCUT2D eigenvalue weighted by atomic mass is 10.1. The molecule has 0 radical (unpaired) electrons. The standard InChI is InChI=1S/C4H9N3O4/c5-4(7-11,3(8)9)1-2-6-10/h7,11H,1-2,5H2,(H,8,9). The Kier molecular flexibility index (Phi) is 3.58. The van der Waals surface area contributed by atoms with Crippen LogP contribution in [0.2, 0.25) is 0 Å². The van der Waals surface area contributed by atoms with Crippen LogP contribution in [-0.2, 0) is 4.79 Å². The molecule has 0 heterocycles. The Bertz CT molecular complexity index is 161. The summed E-state index contributed by atoms with van der Waals surface area (Å²) in [6.07, 6.45) is -0.262. The van der Waals surface area contributed by atoms with Crippen LogP contribution in [-0.4, -0.2) is 28.5 Å². The van der Waals surface area contributed by atoms with Gasteiger partial charge in [0.1, 0.15) is 0 Å². The molecule has 0 fully saturated rings. The van der Waals surface area contributed by atoms with Crippen LogP contribution >= 0.6 is 0 Å². The third-order valence-electron chi connectivity index (χ3n) is 1.18. The number of carboxylic acid groups (broad SMARTS) is 1. The topological polar surface area (TPSA) is 125 Å². The third kappa shape index (κ3) is 2.58. The van der Waals surface area contributed by atoms with Crippen LogP contribution in [0.25, 0.3) is 0 Å². The summed E-state index contributed by atoms with van der Waals surface area (Å²) < 4.78 is 0. The number of nitrogens with two attached hydrogens (primary N) is 1. The fourth-order valence-electron chi connectivity index (χ4n) is 0.433. The van der Waals surface area contributed by atoms with Crippen molar-refractivity contribution < 1.29 is 15.1 Å². The van der Waals surface area contributed by atoms with E-state index in [4.69, 9.17) is 16.0 Å². The van der Waals surface area contributed by atoms with Crippen LogP contribution in [0.15, 0.2) is 5.18 Å². The highest BCUT2D eigenvalue weighted by molar-refractivity contribution is 5.77. The molecular formula is C4H9N3O4. The van der Waals surface area contributed by atoms with Crippen LogP contribution in [0, 0.1) is 4.91 Å². The van der Waals surface area contributed by atoms with Crippen molar-refractivity contribution in [3.8, 4) is 0 Å². The number of carbonyl (C=O) groups is 1. The summed E-state index contributed by atoms with van der Waals surface area (Å²) >= 11 is 0. The molecule has 0 saturated heterocycles. The lowest BCUT2D eigenvalue weighted by Crippen LogP contribution is -2.58. The maximum atomic E-state index is 10.3. The van der Waals surface area contributed by atoms with Gasteiger partial charge in [0.05, 0.1) is 6.54 Å². The molecule has 64 valence electrons. The smallest absolute Gasteiger partial charge is 0.340 e. The van der Waals surface area contributed by atoms with E-state index >= 15 is 0 Å². The largest absolute Gasteiger partial charge is 0.479 e. The molecule has 5 N–H and O–H groups in total. The van der Waals surface area contributed by atoms with E-state index in [9.17, 15) is 9.70 Å². The second kappa shape index (κ2) is 3.96. The van der Waals surface area contributed by atoms with Crippen LogP contribution < -0.4 is 11.2 Å². The first-order valence-corrected chi connectivity index (χ1v) is 2.79. The number of nitrogens with zero attached hydrogens (tertiary/aromatic N) is 1. The lowest BCUT2D eigenvalue weighted by Gasteiger charge is -2.20. The fourth-order valence-corrected chi connectivity index (χ4v) is 0.433. The maximum Gasteiger partial charge on any atom is 0.340 e. The normalized spacial score (nSPS) is 15.5. The van der Waals surface area contributed by atoms with E-state index in [-0.39, 0.29) is 13.0 Å². The first-order valence-electron chi connectivity index (χ1n) is 2.79. The Morgan fingerprint density at radius 3 is 2.55 bits per heavy atom. The maximum absolute atomic E-state index is 10.3. The molecule has 0 aromatic heterocycles. The van der Waals surface area contributed by atoms with Crippen molar-refractivity contribution in [2.24, 2.45) is 10.9 Å². The zero-order chi connectivity index (χ0) is 8.91. The summed E-state index contributed by atoms with van der Waals surface area (Å²) in [7, 11) is 0. The molecule has 0 aromatic rings. The SMILES string of the molecule is NC(CCN=O)(NO)C(=O)O. The molecule has 0 saturated carbocycles. The van der Waals surface area contributed by atoms with Crippen molar-refractivity contribution >= 4 is 5.97 Å². The zero-order valence-corrected chi connectivity index (χ0v) is 5.65. The highest BCUT2D eigenvalue weighted by Crippen LogP contribution is 2.01. The van der Waals surface area contributed by atoms with Gasteiger partial charge in [-0.05, 0) is 0 Å². The van der Waals surface area contributed by atoms with Crippen molar-refractivity contribution in [1.82, 2.24) is 5.48 Å². The van der Waals surface area contributed by atoms with E-state index in [1.165, 1.54) is 5.48 Å². The van der Waals surface area contributed by atoms with E-state index < -0.39 is 11.6 Å². The minimum absolute atomic E-state index is 0.262. The highest BCUT2D eigenvalue weighted by atomic mass is 16.5. The lowest BCUT2D eigenvalue weighted by molar-refractivity contribution is -0.150. The summed E-state index contributed by atoms with van der Waals surface area (Å²) in [4.78, 5) is 19.8. The van der Waals surface area contributed by atoms with E-state index in [0.717, 1.165) is 0 Å². The quantitative estimate of drug-likeness (QED) is 0.230. The molecule has 1 atom stereocenters. The molecule has 0 amide bonds. The van der Waals surface area contributed by atoms with Gasteiger partial charge in [0.25, 0.3) is 0 Å². The van der Waals surface area contributed by atoms with Crippen molar-refractivity contribution in [3.05, 3.63) is 4.91 Å². The summed E-state index contributed by atoms with van der Waals surface area (Å²) in [6, 6.07) is 0. The van der Waals surface area contributed by atoms with E-state index in [0.29, 0.717) is 0 Å². The molecule has 11 heavy (non-hydrogen) atoms. The summed E-state index contributed by atoms with van der Waals surface area (Å²) in [5.41, 5.74) is 4.48. The minimum atomic E-state index is -1.98. The number of hydrogen-bond donors (Lipinski definition) is 4. The first kappa shape index (κ1) is 9.95. The number of aliphatic carboxylic acids is 1. The Morgan fingerprint density at radius 1 is 1.73 bits per heavy atom. The van der Waals surface area contributed by atoms with Crippen molar-refractivity contribution in [2.45, 2.75) is 12.1 Å². The molecule has 7 nitrogen and oxygen atoms in total. The minimum Gasteiger partial charge on any atom is -0.479 e. The van der Waals surface area contributed by atoms with Gasteiger partial charge in [-0.2, -0.15) is 10.4 Å². The Balaban J connectivity index is 4.09. The molecule has 0 spiro atoms. The molecule has 0 aliphatic carbocycles. The van der Waals surface area contributed by atoms with E-state index in [2.05, 4.69) is 5.18 Å². The second-order valence-electron chi connectivity index (χ2n) is 1.99. The van der Waals surface area contributed by atoms with Gasteiger partial charge in [-0.1, -0.05) is 5.18 Å². The number of nitrogens with one attached hydrogen (secondary N) is 1. The van der Waals surface area contributed by atoms with E-state index in [1.54, 1.807) is 0 Å². The van der Waals surface area contributed by atoms with Gasteiger partial charge in [-0.25, -0.2) is 4.79 Å². The van der Waals surface area contributed by atoms with Crippen LogP contribution in [0.5, 0.6) is 0 Å². The highest BCUT2D eigenvalue weighted by Gasteiger charge is 2.32. The number of carboxylic acids is 1. The summed E-state index contributed by atoms with van der Waals surface area (Å²) in [5.74, 6) is -1.44. The monoisotopic (exact) mass is 163 g/mol. The summed E-state index contributed by atoms with van der Waals surface area (Å²) in [5, 5.41) is 19.1. The summed E-state index contributed by atoms with van der Waals surface area (Å²) in [6.45, 7) is -0.268. The third-order valence-corrected chi connectivity index (χ3v) is 1.18. The van der Waals surface area contributed by atoms with Crippen LogP contribution in [0.4, 0.5) is 0 Å². The number of hydrogen-bond acceptors (Lipinski definition) is 6. The Morgan fingerprint density at radius 2 is 2.27 bits per heavy atom. The second-order valence-corrected chi connectivity index (χ2v) is 1.99. The molecule has 0 aromatic carbocycles. The first-order chi connectivity index (χ1) is 5.06. The number of nitroso groups, excluding NO2 is 1. The van der Waals surface area contributed by atoms with Crippen molar-refractivity contribution in [1.29, 1.82) is 0 Å². The van der Waals surface area contributed by atoms with Crippen LogP contribution in [0.3, 0.4) is 0 Å². The van der Waals surface area contributed by atoms with Crippen molar-refractivity contribution in [2.75, 3.05) is 6.54 Å². The van der Waals surface area contributed by atoms with E-state index in [1.807, 2.05) is 0 Å². The number of hydroxylamine groups is 1. The average molecular weight is 163 g/mol. The molecule has 0 aliphatic heterocycles. The molecule has 7 heteroatoms. The van der Waals surface area contributed by atoms with Gasteiger partial charge >= 0.3 is 5.97 Å².